The molecule has 0 amide bonds. The van der Waals surface area contributed by atoms with Crippen LogP contribution < -0.4 is 5.32 Å². The first-order valence-corrected chi connectivity index (χ1v) is 7.67. The summed E-state index contributed by atoms with van der Waals surface area (Å²) in [5.74, 6) is 0.813. The highest BCUT2D eigenvalue weighted by molar-refractivity contribution is 5.32. The summed E-state index contributed by atoms with van der Waals surface area (Å²) < 4.78 is 0. The van der Waals surface area contributed by atoms with Crippen LogP contribution in [0.15, 0.2) is 24.3 Å². The van der Waals surface area contributed by atoms with Crippen LogP contribution in [0.2, 0.25) is 0 Å². The Kier molecular flexibility index (Phi) is 5.53. The van der Waals surface area contributed by atoms with E-state index in [0.717, 1.165) is 25.3 Å². The van der Waals surface area contributed by atoms with Gasteiger partial charge in [-0.15, -0.1) is 0 Å². The lowest BCUT2D eigenvalue weighted by atomic mass is 9.92. The van der Waals surface area contributed by atoms with Gasteiger partial charge in [0.25, 0.3) is 5.69 Å². The first kappa shape index (κ1) is 15.0. The van der Waals surface area contributed by atoms with Gasteiger partial charge in [-0.2, -0.15) is 0 Å². The number of aryl methyl sites for hydroxylation is 1. The Balaban J connectivity index is 1.89. The summed E-state index contributed by atoms with van der Waals surface area (Å²) in [6.45, 7) is 3.18. The summed E-state index contributed by atoms with van der Waals surface area (Å²) in [7, 11) is 0. The molecule has 0 aromatic heterocycles. The molecule has 1 aromatic rings. The number of hydrogen-bond donors (Lipinski definition) is 1. The van der Waals surface area contributed by atoms with Gasteiger partial charge in [0.2, 0.25) is 0 Å². The fourth-order valence-corrected chi connectivity index (χ4v) is 3.23. The number of nitrogens with zero attached hydrogens (tertiary/aromatic N) is 1. The molecule has 0 bridgehead atoms. The number of rotatable bonds is 7. The first-order valence-electron chi connectivity index (χ1n) is 7.67. The molecule has 0 spiro atoms. The molecule has 1 aliphatic rings. The third kappa shape index (κ3) is 4.04. The third-order valence-corrected chi connectivity index (χ3v) is 4.33. The van der Waals surface area contributed by atoms with Crippen molar-refractivity contribution in [2.45, 2.75) is 51.5 Å². The molecule has 110 valence electrons. The molecule has 2 rings (SSSR count). The van der Waals surface area contributed by atoms with Crippen molar-refractivity contribution >= 4 is 5.69 Å². The lowest BCUT2D eigenvalue weighted by molar-refractivity contribution is -0.384. The van der Waals surface area contributed by atoms with E-state index in [9.17, 15) is 10.1 Å². The zero-order valence-electron chi connectivity index (χ0n) is 12.2. The van der Waals surface area contributed by atoms with Crippen LogP contribution in [0.25, 0.3) is 0 Å². The van der Waals surface area contributed by atoms with Crippen LogP contribution in [0.1, 0.15) is 44.6 Å². The molecule has 1 aromatic carbocycles. The summed E-state index contributed by atoms with van der Waals surface area (Å²) in [5.41, 5.74) is 1.37. The summed E-state index contributed by atoms with van der Waals surface area (Å²) in [5, 5.41) is 14.2. The van der Waals surface area contributed by atoms with Crippen LogP contribution >= 0.6 is 0 Å². The smallest absolute Gasteiger partial charge is 0.269 e. The van der Waals surface area contributed by atoms with E-state index in [0.29, 0.717) is 6.04 Å². The SMILES string of the molecule is CCNC(CCc1ccc([N+](=O)[O-])cc1)C1CCCC1. The van der Waals surface area contributed by atoms with Gasteiger partial charge in [0, 0.05) is 18.2 Å². The fraction of sp³-hybridized carbons (Fsp3) is 0.625. The summed E-state index contributed by atoms with van der Waals surface area (Å²) in [4.78, 5) is 10.3. The summed E-state index contributed by atoms with van der Waals surface area (Å²) >= 11 is 0. The predicted molar refractivity (Wildman–Crippen MR) is 80.8 cm³/mol. The number of hydrogen-bond acceptors (Lipinski definition) is 3. The second-order valence-corrected chi connectivity index (χ2v) is 5.67. The Morgan fingerprint density at radius 3 is 2.50 bits per heavy atom. The van der Waals surface area contributed by atoms with Crippen molar-refractivity contribution in [1.82, 2.24) is 5.32 Å². The van der Waals surface area contributed by atoms with E-state index in [1.807, 2.05) is 12.1 Å². The zero-order chi connectivity index (χ0) is 14.4. The van der Waals surface area contributed by atoms with Gasteiger partial charge in [0.15, 0.2) is 0 Å². The minimum absolute atomic E-state index is 0.174. The Hall–Kier alpha value is -1.42. The summed E-state index contributed by atoms with van der Waals surface area (Å²) in [6, 6.07) is 7.57. The normalized spacial score (nSPS) is 17.2. The van der Waals surface area contributed by atoms with Crippen molar-refractivity contribution in [1.29, 1.82) is 0 Å². The number of nitro groups is 1. The van der Waals surface area contributed by atoms with Crippen LogP contribution in [0.5, 0.6) is 0 Å². The molecule has 1 saturated carbocycles. The fourth-order valence-electron chi connectivity index (χ4n) is 3.23. The Labute approximate surface area is 120 Å². The van der Waals surface area contributed by atoms with Crippen molar-refractivity contribution in [2.24, 2.45) is 5.92 Å². The molecule has 20 heavy (non-hydrogen) atoms. The molecule has 1 aliphatic carbocycles. The van der Waals surface area contributed by atoms with Gasteiger partial charge in [0.05, 0.1) is 4.92 Å². The lowest BCUT2D eigenvalue weighted by Gasteiger charge is -2.24. The van der Waals surface area contributed by atoms with Gasteiger partial charge in [-0.3, -0.25) is 10.1 Å². The maximum Gasteiger partial charge on any atom is 0.269 e. The molecule has 1 N–H and O–H groups in total. The van der Waals surface area contributed by atoms with Crippen LogP contribution in [0.3, 0.4) is 0 Å². The lowest BCUT2D eigenvalue weighted by Crippen LogP contribution is -2.35. The predicted octanol–water partition coefficient (Wildman–Crippen LogP) is 3.70. The largest absolute Gasteiger partial charge is 0.314 e. The Bertz CT molecular complexity index is 425. The minimum atomic E-state index is -0.344. The molecule has 0 heterocycles. The van der Waals surface area contributed by atoms with E-state index in [4.69, 9.17) is 0 Å². The molecule has 1 atom stereocenters. The maximum atomic E-state index is 10.6. The standard InChI is InChI=1S/C16H24N2O2/c1-2-17-16(14-5-3-4-6-14)12-9-13-7-10-15(11-8-13)18(19)20/h7-8,10-11,14,16-17H,2-6,9,12H2,1H3. The number of nitro benzene ring substituents is 1. The van der Waals surface area contributed by atoms with Crippen molar-refractivity contribution in [2.75, 3.05) is 6.54 Å². The molecular weight excluding hydrogens is 252 g/mol. The van der Waals surface area contributed by atoms with E-state index >= 15 is 0 Å². The van der Waals surface area contributed by atoms with Crippen molar-refractivity contribution in [3.63, 3.8) is 0 Å². The van der Waals surface area contributed by atoms with Gasteiger partial charge < -0.3 is 5.32 Å². The highest BCUT2D eigenvalue weighted by Crippen LogP contribution is 2.29. The topological polar surface area (TPSA) is 55.2 Å². The molecule has 0 aliphatic heterocycles. The monoisotopic (exact) mass is 276 g/mol. The van der Waals surface area contributed by atoms with E-state index in [1.54, 1.807) is 12.1 Å². The van der Waals surface area contributed by atoms with Gasteiger partial charge in [-0.1, -0.05) is 31.9 Å². The van der Waals surface area contributed by atoms with E-state index < -0.39 is 0 Å². The number of nitrogens with one attached hydrogen (secondary N) is 1. The van der Waals surface area contributed by atoms with Gasteiger partial charge >= 0.3 is 0 Å². The van der Waals surface area contributed by atoms with E-state index in [-0.39, 0.29) is 10.6 Å². The molecule has 1 unspecified atom stereocenters. The first-order chi connectivity index (χ1) is 9.70. The number of benzene rings is 1. The molecule has 0 radical (unpaired) electrons. The zero-order valence-corrected chi connectivity index (χ0v) is 12.2. The molecular formula is C16H24N2O2. The minimum Gasteiger partial charge on any atom is -0.314 e. The molecule has 4 nitrogen and oxygen atoms in total. The van der Waals surface area contributed by atoms with Crippen molar-refractivity contribution in [3.8, 4) is 0 Å². The molecule has 4 heteroatoms. The van der Waals surface area contributed by atoms with Crippen LogP contribution in [0.4, 0.5) is 5.69 Å². The Morgan fingerprint density at radius 2 is 1.95 bits per heavy atom. The van der Waals surface area contributed by atoms with E-state index in [1.165, 1.54) is 31.2 Å². The molecule has 1 fully saturated rings. The van der Waals surface area contributed by atoms with Crippen molar-refractivity contribution < 1.29 is 4.92 Å². The van der Waals surface area contributed by atoms with Gasteiger partial charge in [0.1, 0.15) is 0 Å². The van der Waals surface area contributed by atoms with Crippen LogP contribution in [0, 0.1) is 16.0 Å². The average molecular weight is 276 g/mol. The molecule has 0 saturated heterocycles. The summed E-state index contributed by atoms with van der Waals surface area (Å²) in [6.07, 6.45) is 7.53. The van der Waals surface area contributed by atoms with Crippen LogP contribution in [-0.2, 0) is 6.42 Å². The number of non-ortho nitro benzene ring substituents is 1. The van der Waals surface area contributed by atoms with E-state index in [2.05, 4.69) is 12.2 Å². The maximum absolute atomic E-state index is 10.6. The highest BCUT2D eigenvalue weighted by Gasteiger charge is 2.23. The van der Waals surface area contributed by atoms with Crippen LogP contribution in [-0.4, -0.2) is 17.5 Å². The second-order valence-electron chi connectivity index (χ2n) is 5.67. The quantitative estimate of drug-likeness (QED) is 0.610. The third-order valence-electron chi connectivity index (χ3n) is 4.33. The van der Waals surface area contributed by atoms with Gasteiger partial charge in [-0.25, -0.2) is 0 Å². The highest BCUT2D eigenvalue weighted by atomic mass is 16.6. The van der Waals surface area contributed by atoms with Gasteiger partial charge in [-0.05, 0) is 43.7 Å². The van der Waals surface area contributed by atoms with Crippen molar-refractivity contribution in [3.05, 3.63) is 39.9 Å². The Morgan fingerprint density at radius 1 is 1.30 bits per heavy atom. The second kappa shape index (κ2) is 7.39. The average Bonchev–Trinajstić information content (AvgIpc) is 2.98.